The van der Waals surface area contributed by atoms with Crippen LogP contribution in [0.1, 0.15) is 24.1 Å². The summed E-state index contributed by atoms with van der Waals surface area (Å²) in [4.78, 5) is 19.2. The summed E-state index contributed by atoms with van der Waals surface area (Å²) in [5.41, 5.74) is 8.72. The van der Waals surface area contributed by atoms with Crippen molar-refractivity contribution in [2.75, 3.05) is 24.1 Å². The fraction of sp³-hybridized carbons (Fsp3) is 0.368. The number of nitrogens with zero attached hydrogens (tertiary/aromatic N) is 2. The third-order valence-corrected chi connectivity index (χ3v) is 4.37. The number of aromatic nitrogens is 1. The van der Waals surface area contributed by atoms with Gasteiger partial charge in [-0.15, -0.1) is 24.8 Å². The standard InChI is InChI=1S/C19H24N4O.2ClH/c1-14-5-2-9-18(21-14)22-19(24)16-7-4-10-23(13-16)12-15-6-3-8-17(20)11-15;;/h2-3,5-6,8-9,11,16H,4,7,10,12-13,20H2,1H3,(H,21,22,24);2*1H. The van der Waals surface area contributed by atoms with E-state index in [2.05, 4.69) is 21.3 Å². The van der Waals surface area contributed by atoms with E-state index < -0.39 is 0 Å². The number of piperidine rings is 1. The fourth-order valence-corrected chi connectivity index (χ4v) is 3.20. The van der Waals surface area contributed by atoms with E-state index in [0.717, 1.165) is 43.9 Å². The van der Waals surface area contributed by atoms with E-state index in [-0.39, 0.29) is 36.6 Å². The van der Waals surface area contributed by atoms with Gasteiger partial charge in [0.25, 0.3) is 0 Å². The van der Waals surface area contributed by atoms with Crippen molar-refractivity contribution >= 4 is 42.2 Å². The van der Waals surface area contributed by atoms with Crippen LogP contribution in [-0.2, 0) is 11.3 Å². The largest absolute Gasteiger partial charge is 0.399 e. The molecule has 3 N–H and O–H groups in total. The van der Waals surface area contributed by atoms with Crippen molar-refractivity contribution in [1.82, 2.24) is 9.88 Å². The number of carbonyl (C=O) groups is 1. The lowest BCUT2D eigenvalue weighted by Gasteiger charge is -2.32. The Labute approximate surface area is 167 Å². The number of benzene rings is 1. The summed E-state index contributed by atoms with van der Waals surface area (Å²) in [5.74, 6) is 0.695. The number of hydrogen-bond donors (Lipinski definition) is 2. The second kappa shape index (κ2) is 10.4. The molecule has 1 fully saturated rings. The van der Waals surface area contributed by atoms with Gasteiger partial charge in [-0.1, -0.05) is 18.2 Å². The van der Waals surface area contributed by atoms with Crippen LogP contribution in [0.2, 0.25) is 0 Å². The monoisotopic (exact) mass is 396 g/mol. The van der Waals surface area contributed by atoms with Gasteiger partial charge in [-0.25, -0.2) is 4.98 Å². The average Bonchev–Trinajstić information content (AvgIpc) is 2.55. The Bertz CT molecular complexity index is 726. The minimum atomic E-state index is 0. The zero-order valence-corrected chi connectivity index (χ0v) is 16.5. The number of hydrogen-bond acceptors (Lipinski definition) is 4. The summed E-state index contributed by atoms with van der Waals surface area (Å²) < 4.78 is 0. The number of likely N-dealkylation sites (tertiary alicyclic amines) is 1. The SMILES string of the molecule is Cc1cccc(NC(=O)C2CCCN(Cc3cccc(N)c3)C2)n1.Cl.Cl. The summed E-state index contributed by atoms with van der Waals surface area (Å²) in [5, 5.41) is 2.95. The Morgan fingerprint density at radius 2 is 2.04 bits per heavy atom. The maximum absolute atomic E-state index is 12.5. The number of nitrogens with two attached hydrogens (primary N) is 1. The molecule has 3 rings (SSSR count). The van der Waals surface area contributed by atoms with Gasteiger partial charge in [-0.2, -0.15) is 0 Å². The summed E-state index contributed by atoms with van der Waals surface area (Å²) in [6.07, 6.45) is 1.95. The minimum Gasteiger partial charge on any atom is -0.399 e. The summed E-state index contributed by atoms with van der Waals surface area (Å²) in [6, 6.07) is 13.6. The molecule has 7 heteroatoms. The summed E-state index contributed by atoms with van der Waals surface area (Å²) >= 11 is 0. The summed E-state index contributed by atoms with van der Waals surface area (Å²) in [7, 11) is 0. The first-order valence-electron chi connectivity index (χ1n) is 8.41. The number of rotatable bonds is 4. The first-order valence-corrected chi connectivity index (χ1v) is 8.41. The molecule has 0 spiro atoms. The van der Waals surface area contributed by atoms with Crippen molar-refractivity contribution in [3.05, 3.63) is 53.7 Å². The van der Waals surface area contributed by atoms with E-state index in [4.69, 9.17) is 5.73 Å². The molecule has 0 bridgehead atoms. The summed E-state index contributed by atoms with van der Waals surface area (Å²) in [6.45, 7) is 4.54. The van der Waals surface area contributed by atoms with Gasteiger partial charge >= 0.3 is 0 Å². The molecular formula is C19H26Cl2N4O. The Hall–Kier alpha value is -1.82. The maximum atomic E-state index is 12.5. The highest BCUT2D eigenvalue weighted by Gasteiger charge is 2.26. The zero-order valence-electron chi connectivity index (χ0n) is 14.9. The van der Waals surface area contributed by atoms with E-state index >= 15 is 0 Å². The Morgan fingerprint density at radius 3 is 2.77 bits per heavy atom. The fourth-order valence-electron chi connectivity index (χ4n) is 3.20. The molecule has 2 aromatic rings. The Morgan fingerprint density at radius 1 is 1.27 bits per heavy atom. The predicted molar refractivity (Wildman–Crippen MR) is 111 cm³/mol. The van der Waals surface area contributed by atoms with Gasteiger partial charge in [0.1, 0.15) is 5.82 Å². The molecule has 2 heterocycles. The molecule has 0 saturated carbocycles. The third-order valence-electron chi connectivity index (χ3n) is 4.37. The lowest BCUT2D eigenvalue weighted by atomic mass is 9.96. The lowest BCUT2D eigenvalue weighted by molar-refractivity contribution is -0.121. The van der Waals surface area contributed by atoms with Crippen molar-refractivity contribution in [3.8, 4) is 0 Å². The normalized spacial score (nSPS) is 16.9. The highest BCUT2D eigenvalue weighted by Crippen LogP contribution is 2.20. The van der Waals surface area contributed by atoms with Gasteiger partial charge < -0.3 is 11.1 Å². The van der Waals surface area contributed by atoms with E-state index in [9.17, 15) is 4.79 Å². The van der Waals surface area contributed by atoms with Crippen molar-refractivity contribution in [2.45, 2.75) is 26.3 Å². The topological polar surface area (TPSA) is 71.2 Å². The van der Waals surface area contributed by atoms with E-state index in [1.165, 1.54) is 5.56 Å². The number of amides is 1. The van der Waals surface area contributed by atoms with Crippen LogP contribution in [-0.4, -0.2) is 28.9 Å². The molecule has 1 unspecified atom stereocenters. The van der Waals surface area contributed by atoms with Crippen LogP contribution >= 0.6 is 24.8 Å². The average molecular weight is 397 g/mol. The van der Waals surface area contributed by atoms with E-state index in [1.54, 1.807) is 0 Å². The van der Waals surface area contributed by atoms with Crippen LogP contribution in [0, 0.1) is 12.8 Å². The van der Waals surface area contributed by atoms with Gasteiger partial charge in [-0.05, 0) is 56.1 Å². The molecule has 1 aliphatic rings. The molecular weight excluding hydrogens is 371 g/mol. The molecule has 142 valence electrons. The molecule has 1 aliphatic heterocycles. The van der Waals surface area contributed by atoms with Crippen LogP contribution in [0.5, 0.6) is 0 Å². The number of pyridine rings is 1. The highest BCUT2D eigenvalue weighted by atomic mass is 35.5. The third kappa shape index (κ3) is 6.16. The van der Waals surface area contributed by atoms with Crippen molar-refractivity contribution in [1.29, 1.82) is 0 Å². The Balaban J connectivity index is 0.00000169. The van der Waals surface area contributed by atoms with Crippen LogP contribution in [0.15, 0.2) is 42.5 Å². The van der Waals surface area contributed by atoms with E-state index in [1.807, 2.05) is 43.3 Å². The highest BCUT2D eigenvalue weighted by molar-refractivity contribution is 5.91. The van der Waals surface area contributed by atoms with Gasteiger partial charge in [-0.3, -0.25) is 9.69 Å². The maximum Gasteiger partial charge on any atom is 0.229 e. The molecule has 1 saturated heterocycles. The molecule has 5 nitrogen and oxygen atoms in total. The van der Waals surface area contributed by atoms with Crippen LogP contribution < -0.4 is 11.1 Å². The second-order valence-corrected chi connectivity index (χ2v) is 6.47. The zero-order chi connectivity index (χ0) is 16.9. The van der Waals surface area contributed by atoms with Crippen LogP contribution in [0.3, 0.4) is 0 Å². The quantitative estimate of drug-likeness (QED) is 0.773. The van der Waals surface area contributed by atoms with Crippen molar-refractivity contribution < 1.29 is 4.79 Å². The van der Waals surface area contributed by atoms with Crippen molar-refractivity contribution in [3.63, 3.8) is 0 Å². The van der Waals surface area contributed by atoms with Crippen LogP contribution in [0.25, 0.3) is 0 Å². The Kier molecular flexibility index (Phi) is 8.85. The van der Waals surface area contributed by atoms with Crippen molar-refractivity contribution in [2.24, 2.45) is 5.92 Å². The molecule has 26 heavy (non-hydrogen) atoms. The smallest absolute Gasteiger partial charge is 0.229 e. The predicted octanol–water partition coefficient (Wildman–Crippen LogP) is 3.67. The lowest BCUT2D eigenvalue weighted by Crippen LogP contribution is -2.40. The minimum absolute atomic E-state index is 0. The first kappa shape index (κ1) is 22.2. The van der Waals surface area contributed by atoms with Gasteiger partial charge in [0.2, 0.25) is 5.91 Å². The first-order chi connectivity index (χ1) is 11.6. The molecule has 1 aromatic carbocycles. The van der Waals surface area contributed by atoms with Gasteiger partial charge in [0.05, 0.1) is 5.92 Å². The number of carbonyl (C=O) groups excluding carboxylic acids is 1. The van der Waals surface area contributed by atoms with Gasteiger partial charge in [0, 0.05) is 24.5 Å². The van der Waals surface area contributed by atoms with E-state index in [0.29, 0.717) is 5.82 Å². The van der Waals surface area contributed by atoms with Crippen LogP contribution in [0.4, 0.5) is 11.5 Å². The molecule has 0 radical (unpaired) electrons. The molecule has 1 atom stereocenters. The number of anilines is 2. The number of aryl methyl sites for hydroxylation is 1. The molecule has 1 amide bonds. The second-order valence-electron chi connectivity index (χ2n) is 6.47. The number of nitrogen functional groups attached to an aromatic ring is 1. The number of nitrogens with one attached hydrogen (secondary N) is 1. The molecule has 1 aromatic heterocycles. The number of halogens is 2. The van der Waals surface area contributed by atoms with Gasteiger partial charge in [0.15, 0.2) is 0 Å². The molecule has 0 aliphatic carbocycles.